The summed E-state index contributed by atoms with van der Waals surface area (Å²) in [5, 5.41) is 0. The Morgan fingerprint density at radius 1 is 1.00 bits per heavy atom. The molecule has 1 saturated carbocycles. The Labute approximate surface area is 80.3 Å². The molecule has 1 aliphatic carbocycles. The number of hydrogen-bond donors (Lipinski definition) is 0. The van der Waals surface area contributed by atoms with Crippen LogP contribution in [0.1, 0.15) is 0 Å². The molecule has 2 heterocycles. The molecule has 3 rings (SSSR count). The first-order valence-corrected chi connectivity index (χ1v) is 6.28. The molecule has 0 spiro atoms. The molecule has 0 amide bonds. The van der Waals surface area contributed by atoms with Gasteiger partial charge in [0.15, 0.2) is 9.84 Å². The molecule has 6 heteroatoms. The topological polar surface area (TPSA) is 77.5 Å². The van der Waals surface area contributed by atoms with Gasteiger partial charge in [-0.3, -0.25) is 9.59 Å². The molecule has 0 unspecified atom stereocenters. The number of fused-ring (bicyclic) bond motifs is 4. The lowest BCUT2D eigenvalue weighted by molar-refractivity contribution is -0.153. The maximum absolute atomic E-state index is 11.3. The van der Waals surface area contributed by atoms with Gasteiger partial charge in [-0.25, -0.2) is 8.42 Å². The lowest BCUT2D eigenvalue weighted by Crippen LogP contribution is -2.47. The fourth-order valence-corrected chi connectivity index (χ4v) is 5.12. The fourth-order valence-electron chi connectivity index (χ4n) is 2.91. The van der Waals surface area contributed by atoms with Gasteiger partial charge in [0.25, 0.3) is 0 Å². The summed E-state index contributed by atoms with van der Waals surface area (Å²) in [4.78, 5) is 22.3. The number of carbonyl (C=O) groups is 2. The van der Waals surface area contributed by atoms with Crippen molar-refractivity contribution in [3.8, 4) is 0 Å². The van der Waals surface area contributed by atoms with Gasteiger partial charge >= 0.3 is 11.9 Å². The van der Waals surface area contributed by atoms with Crippen molar-refractivity contribution in [3.05, 3.63) is 0 Å². The van der Waals surface area contributed by atoms with Gasteiger partial charge in [0, 0.05) is 0 Å². The second-order valence-electron chi connectivity index (χ2n) is 4.20. The summed E-state index contributed by atoms with van der Waals surface area (Å²) in [6.07, 6.45) is 0. The number of hydrogen-bond acceptors (Lipinski definition) is 5. The lowest BCUT2D eigenvalue weighted by Gasteiger charge is -2.38. The zero-order chi connectivity index (χ0) is 10.1. The van der Waals surface area contributed by atoms with Crippen LogP contribution in [0.25, 0.3) is 0 Å². The highest BCUT2D eigenvalue weighted by atomic mass is 32.2. The van der Waals surface area contributed by atoms with E-state index in [-0.39, 0.29) is 23.3 Å². The molecule has 3 aliphatic rings. The molecular formula is C8H8O5S. The highest BCUT2D eigenvalue weighted by Gasteiger charge is 2.67. The van der Waals surface area contributed by atoms with Crippen molar-refractivity contribution < 1.29 is 22.7 Å². The Hall–Kier alpha value is -0.910. The summed E-state index contributed by atoms with van der Waals surface area (Å²) in [7, 11) is -3.03. The van der Waals surface area contributed by atoms with Crippen molar-refractivity contribution in [3.63, 3.8) is 0 Å². The molecule has 76 valence electrons. The minimum absolute atomic E-state index is 0.0429. The summed E-state index contributed by atoms with van der Waals surface area (Å²) in [6, 6.07) is 0. The third-order valence-electron chi connectivity index (χ3n) is 3.50. The largest absolute Gasteiger partial charge is 0.393 e. The average Bonchev–Trinajstić information content (AvgIpc) is 2.42. The van der Waals surface area contributed by atoms with Crippen molar-refractivity contribution >= 4 is 21.8 Å². The SMILES string of the molecule is O=C1OC(=O)[C@H]2[C@@H]3CS(=O)(=O)C[C@H]3[C@@H]12. The van der Waals surface area contributed by atoms with Crippen LogP contribution in [0, 0.1) is 23.7 Å². The van der Waals surface area contributed by atoms with Gasteiger partial charge in [-0.05, 0) is 11.8 Å². The van der Waals surface area contributed by atoms with Gasteiger partial charge < -0.3 is 4.74 Å². The van der Waals surface area contributed by atoms with Crippen LogP contribution in [-0.2, 0) is 24.2 Å². The van der Waals surface area contributed by atoms with Crippen LogP contribution >= 0.6 is 0 Å². The Balaban J connectivity index is 1.98. The van der Waals surface area contributed by atoms with Gasteiger partial charge in [-0.2, -0.15) is 0 Å². The van der Waals surface area contributed by atoms with Gasteiger partial charge in [0.2, 0.25) is 0 Å². The van der Waals surface area contributed by atoms with E-state index >= 15 is 0 Å². The van der Waals surface area contributed by atoms with E-state index in [1.54, 1.807) is 0 Å². The second-order valence-corrected chi connectivity index (χ2v) is 6.35. The quantitative estimate of drug-likeness (QED) is 0.382. The highest BCUT2D eigenvalue weighted by Crippen LogP contribution is 2.55. The standard InChI is InChI=1S/C8H8O5S/c9-7-5-3-1-14(11,12)2-4(3)6(5)8(10)13-7/h3-6H,1-2H2/t3-,4-,5-,6+/m1/s1. The highest BCUT2D eigenvalue weighted by molar-refractivity contribution is 7.91. The van der Waals surface area contributed by atoms with Crippen molar-refractivity contribution in [1.29, 1.82) is 0 Å². The molecule has 0 aromatic heterocycles. The minimum Gasteiger partial charge on any atom is -0.393 e. The first-order chi connectivity index (χ1) is 6.49. The first kappa shape index (κ1) is 8.40. The Morgan fingerprint density at radius 3 is 1.86 bits per heavy atom. The van der Waals surface area contributed by atoms with E-state index in [0.29, 0.717) is 0 Å². The average molecular weight is 216 g/mol. The van der Waals surface area contributed by atoms with Crippen LogP contribution in [-0.4, -0.2) is 31.9 Å². The van der Waals surface area contributed by atoms with Crippen molar-refractivity contribution in [2.75, 3.05) is 11.5 Å². The van der Waals surface area contributed by atoms with Gasteiger partial charge in [-0.15, -0.1) is 0 Å². The smallest absolute Gasteiger partial charge is 0.317 e. The molecule has 0 aromatic carbocycles. The third kappa shape index (κ3) is 0.821. The molecule has 0 aromatic rings. The van der Waals surface area contributed by atoms with E-state index in [2.05, 4.69) is 4.74 Å². The molecule has 2 aliphatic heterocycles. The van der Waals surface area contributed by atoms with Crippen LogP contribution in [0.4, 0.5) is 0 Å². The van der Waals surface area contributed by atoms with E-state index < -0.39 is 33.6 Å². The second kappa shape index (κ2) is 2.18. The maximum atomic E-state index is 11.3. The van der Waals surface area contributed by atoms with Crippen LogP contribution in [0.2, 0.25) is 0 Å². The third-order valence-corrected chi connectivity index (χ3v) is 5.28. The van der Waals surface area contributed by atoms with Crippen LogP contribution in [0.5, 0.6) is 0 Å². The molecule has 14 heavy (non-hydrogen) atoms. The van der Waals surface area contributed by atoms with Crippen molar-refractivity contribution in [2.24, 2.45) is 23.7 Å². The molecule has 0 bridgehead atoms. The van der Waals surface area contributed by atoms with E-state index in [4.69, 9.17) is 0 Å². The summed E-state index contributed by atoms with van der Waals surface area (Å²) in [5.74, 6) is -2.23. The molecule has 2 saturated heterocycles. The zero-order valence-corrected chi connectivity index (χ0v) is 7.99. The van der Waals surface area contributed by atoms with E-state index in [1.165, 1.54) is 0 Å². The maximum Gasteiger partial charge on any atom is 0.317 e. The van der Waals surface area contributed by atoms with Gasteiger partial charge in [0.1, 0.15) is 0 Å². The number of sulfone groups is 1. The molecule has 0 N–H and O–H groups in total. The summed E-state index contributed by atoms with van der Waals surface area (Å²) >= 11 is 0. The predicted octanol–water partition coefficient (Wildman–Crippen LogP) is -1.02. The molecule has 0 radical (unpaired) electrons. The number of esters is 2. The Morgan fingerprint density at radius 2 is 1.43 bits per heavy atom. The lowest BCUT2D eigenvalue weighted by atomic mass is 9.59. The van der Waals surface area contributed by atoms with E-state index in [0.717, 1.165) is 0 Å². The Bertz CT molecular complexity index is 403. The van der Waals surface area contributed by atoms with E-state index in [1.807, 2.05) is 0 Å². The van der Waals surface area contributed by atoms with Gasteiger partial charge in [0.05, 0.1) is 23.3 Å². The normalized spacial score (nSPS) is 48.0. The number of carbonyl (C=O) groups excluding carboxylic acids is 2. The van der Waals surface area contributed by atoms with E-state index in [9.17, 15) is 18.0 Å². The van der Waals surface area contributed by atoms with Crippen LogP contribution < -0.4 is 0 Å². The summed E-state index contributed by atoms with van der Waals surface area (Å²) in [6.45, 7) is 0. The monoisotopic (exact) mass is 216 g/mol. The molecule has 3 fully saturated rings. The Kier molecular flexibility index (Phi) is 1.31. The zero-order valence-electron chi connectivity index (χ0n) is 7.17. The van der Waals surface area contributed by atoms with Crippen molar-refractivity contribution in [1.82, 2.24) is 0 Å². The molecule has 5 nitrogen and oxygen atoms in total. The van der Waals surface area contributed by atoms with Crippen LogP contribution in [0.15, 0.2) is 0 Å². The summed E-state index contributed by atoms with van der Waals surface area (Å²) < 4.78 is 27.0. The number of rotatable bonds is 0. The number of cyclic esters (lactones) is 2. The number of ether oxygens (including phenoxy) is 1. The summed E-state index contributed by atoms with van der Waals surface area (Å²) in [5.41, 5.74) is 0. The predicted molar refractivity (Wildman–Crippen MR) is 43.7 cm³/mol. The molecular weight excluding hydrogens is 208 g/mol. The minimum atomic E-state index is -3.03. The van der Waals surface area contributed by atoms with Gasteiger partial charge in [-0.1, -0.05) is 0 Å². The molecule has 4 atom stereocenters. The van der Waals surface area contributed by atoms with Crippen LogP contribution in [0.3, 0.4) is 0 Å². The first-order valence-electron chi connectivity index (χ1n) is 4.45. The fraction of sp³-hybridized carbons (Fsp3) is 0.750. The van der Waals surface area contributed by atoms with Crippen molar-refractivity contribution in [2.45, 2.75) is 0 Å².